The van der Waals surface area contributed by atoms with Gasteiger partial charge < -0.3 is 9.47 Å². The van der Waals surface area contributed by atoms with Crippen LogP contribution in [0, 0.1) is 17.2 Å². The van der Waals surface area contributed by atoms with Crippen LogP contribution in [0.15, 0.2) is 12.1 Å². The molecule has 1 aromatic heterocycles. The van der Waals surface area contributed by atoms with Gasteiger partial charge in [-0.3, -0.25) is 0 Å². The zero-order chi connectivity index (χ0) is 14.6. The molecule has 20 heavy (non-hydrogen) atoms. The second kappa shape index (κ2) is 6.09. The van der Waals surface area contributed by atoms with E-state index in [2.05, 4.69) is 4.98 Å². The van der Waals surface area contributed by atoms with Crippen LogP contribution in [-0.2, 0) is 10.9 Å². The summed E-state index contributed by atoms with van der Waals surface area (Å²) in [7, 11) is 0. The van der Waals surface area contributed by atoms with Crippen molar-refractivity contribution in [3.63, 3.8) is 0 Å². The molecule has 108 valence electrons. The summed E-state index contributed by atoms with van der Waals surface area (Å²) in [5.74, 6) is -0.0412. The molecule has 0 aromatic carbocycles. The summed E-state index contributed by atoms with van der Waals surface area (Å²) in [6.45, 7) is 1.48. The maximum Gasteiger partial charge on any atom is 0.433 e. The van der Waals surface area contributed by atoms with E-state index in [1.54, 1.807) is 6.07 Å². The molecule has 0 unspecified atom stereocenters. The van der Waals surface area contributed by atoms with E-state index >= 15 is 0 Å². The third-order valence-electron chi connectivity index (χ3n) is 3.07. The van der Waals surface area contributed by atoms with Crippen molar-refractivity contribution in [2.75, 3.05) is 19.8 Å². The summed E-state index contributed by atoms with van der Waals surface area (Å²) in [6.07, 6.45) is -2.97. The van der Waals surface area contributed by atoms with Gasteiger partial charge in [0.25, 0.3) is 0 Å². The van der Waals surface area contributed by atoms with Gasteiger partial charge in [0.1, 0.15) is 17.3 Å². The van der Waals surface area contributed by atoms with E-state index in [1.165, 1.54) is 0 Å². The van der Waals surface area contributed by atoms with E-state index in [9.17, 15) is 13.2 Å². The van der Waals surface area contributed by atoms with Crippen LogP contribution in [0.3, 0.4) is 0 Å². The third kappa shape index (κ3) is 3.61. The number of hydrogen-bond donors (Lipinski definition) is 0. The average Bonchev–Trinajstić information content (AvgIpc) is 2.45. The van der Waals surface area contributed by atoms with Gasteiger partial charge in [0.05, 0.1) is 6.61 Å². The molecule has 0 saturated carbocycles. The Morgan fingerprint density at radius 1 is 1.35 bits per heavy atom. The molecule has 2 rings (SSSR count). The summed E-state index contributed by atoms with van der Waals surface area (Å²) in [5, 5.41) is 8.88. The lowest BCUT2D eigenvalue weighted by Gasteiger charge is -2.22. The Bertz CT molecular complexity index is 505. The smallest absolute Gasteiger partial charge is 0.433 e. The highest BCUT2D eigenvalue weighted by Gasteiger charge is 2.33. The summed E-state index contributed by atoms with van der Waals surface area (Å²) in [6, 6.07) is 3.64. The van der Waals surface area contributed by atoms with Crippen molar-refractivity contribution in [3.05, 3.63) is 23.4 Å². The summed E-state index contributed by atoms with van der Waals surface area (Å²) < 4.78 is 48.2. The summed E-state index contributed by atoms with van der Waals surface area (Å²) in [4.78, 5) is 3.40. The lowest BCUT2D eigenvalue weighted by atomic mass is 10.0. The van der Waals surface area contributed by atoms with Crippen LogP contribution >= 0.6 is 0 Å². The molecule has 7 heteroatoms. The van der Waals surface area contributed by atoms with E-state index in [4.69, 9.17) is 14.7 Å². The van der Waals surface area contributed by atoms with Crippen LogP contribution in [-0.4, -0.2) is 24.8 Å². The van der Waals surface area contributed by atoms with Crippen molar-refractivity contribution in [1.29, 1.82) is 5.26 Å². The maximum absolute atomic E-state index is 12.6. The predicted octanol–water partition coefficient (Wildman–Crippen LogP) is 2.78. The van der Waals surface area contributed by atoms with Crippen LogP contribution in [0.2, 0.25) is 0 Å². The minimum absolute atomic E-state index is 0.00468. The fourth-order valence-electron chi connectivity index (χ4n) is 1.90. The fourth-order valence-corrected chi connectivity index (χ4v) is 1.90. The highest BCUT2D eigenvalue weighted by molar-refractivity contribution is 5.39. The van der Waals surface area contributed by atoms with E-state index in [0.29, 0.717) is 13.2 Å². The fraction of sp³-hybridized carbons (Fsp3) is 0.538. The number of halogens is 3. The molecule has 1 fully saturated rings. The molecule has 1 aliphatic rings. The average molecular weight is 286 g/mol. The minimum Gasteiger partial charge on any atom is -0.476 e. The first-order valence-electron chi connectivity index (χ1n) is 6.19. The summed E-state index contributed by atoms with van der Waals surface area (Å²) >= 11 is 0. The van der Waals surface area contributed by atoms with E-state index < -0.39 is 11.9 Å². The first-order valence-corrected chi connectivity index (χ1v) is 6.19. The van der Waals surface area contributed by atoms with Crippen LogP contribution < -0.4 is 4.74 Å². The van der Waals surface area contributed by atoms with Gasteiger partial charge in [0, 0.05) is 13.2 Å². The van der Waals surface area contributed by atoms with Gasteiger partial charge in [-0.15, -0.1) is 0 Å². The zero-order valence-corrected chi connectivity index (χ0v) is 10.6. The Morgan fingerprint density at radius 2 is 2.05 bits per heavy atom. The Balaban J connectivity index is 2.10. The topological polar surface area (TPSA) is 55.1 Å². The molecule has 0 atom stereocenters. The molecular weight excluding hydrogens is 273 g/mol. The molecular formula is C13H13F3N2O2. The molecule has 2 heterocycles. The third-order valence-corrected chi connectivity index (χ3v) is 3.07. The van der Waals surface area contributed by atoms with Gasteiger partial charge in [-0.1, -0.05) is 0 Å². The highest BCUT2D eigenvalue weighted by atomic mass is 19.4. The van der Waals surface area contributed by atoms with Crippen molar-refractivity contribution < 1.29 is 22.6 Å². The van der Waals surface area contributed by atoms with Crippen molar-refractivity contribution in [1.82, 2.24) is 4.98 Å². The van der Waals surface area contributed by atoms with Crippen LogP contribution in [0.5, 0.6) is 5.88 Å². The van der Waals surface area contributed by atoms with Crippen molar-refractivity contribution in [3.8, 4) is 11.9 Å². The lowest BCUT2D eigenvalue weighted by Crippen LogP contribution is -2.22. The number of ether oxygens (including phenoxy) is 2. The number of pyridine rings is 1. The van der Waals surface area contributed by atoms with E-state index in [1.807, 2.05) is 0 Å². The second-order valence-electron chi connectivity index (χ2n) is 4.53. The first kappa shape index (κ1) is 14.6. The summed E-state index contributed by atoms with van der Waals surface area (Å²) in [5.41, 5.74) is -1.05. The monoisotopic (exact) mass is 286 g/mol. The van der Waals surface area contributed by atoms with Crippen LogP contribution in [0.1, 0.15) is 24.1 Å². The number of hydrogen-bond acceptors (Lipinski definition) is 4. The molecule has 1 aromatic rings. The molecule has 0 bridgehead atoms. The van der Waals surface area contributed by atoms with E-state index in [0.717, 1.165) is 25.0 Å². The SMILES string of the molecule is N#Cc1ccc(C(F)(F)F)nc1OCC1CCOCC1. The molecule has 0 amide bonds. The van der Waals surface area contributed by atoms with Crippen molar-refractivity contribution in [2.45, 2.75) is 19.0 Å². The molecule has 4 nitrogen and oxygen atoms in total. The lowest BCUT2D eigenvalue weighted by molar-refractivity contribution is -0.141. The van der Waals surface area contributed by atoms with Gasteiger partial charge in [0.2, 0.25) is 5.88 Å². The molecule has 0 spiro atoms. The zero-order valence-electron chi connectivity index (χ0n) is 10.6. The largest absolute Gasteiger partial charge is 0.476 e. The van der Waals surface area contributed by atoms with E-state index in [-0.39, 0.29) is 24.0 Å². The standard InChI is InChI=1S/C13H13F3N2O2/c14-13(15,16)11-2-1-10(7-17)12(18-11)20-8-9-3-5-19-6-4-9/h1-2,9H,3-6,8H2. The number of aromatic nitrogens is 1. The molecule has 0 N–H and O–H groups in total. The van der Waals surface area contributed by atoms with Crippen molar-refractivity contribution in [2.24, 2.45) is 5.92 Å². The Hall–Kier alpha value is -1.81. The minimum atomic E-state index is -4.55. The molecule has 0 aliphatic carbocycles. The Kier molecular flexibility index (Phi) is 4.45. The Morgan fingerprint density at radius 3 is 2.65 bits per heavy atom. The quantitative estimate of drug-likeness (QED) is 0.857. The number of nitrogens with zero attached hydrogens (tertiary/aromatic N) is 2. The van der Waals surface area contributed by atoms with Gasteiger partial charge in [-0.2, -0.15) is 18.4 Å². The normalized spacial score (nSPS) is 16.7. The van der Waals surface area contributed by atoms with Crippen LogP contribution in [0.4, 0.5) is 13.2 Å². The van der Waals surface area contributed by atoms with Gasteiger partial charge in [0.15, 0.2) is 0 Å². The number of alkyl halides is 3. The molecule has 1 aliphatic heterocycles. The predicted molar refractivity (Wildman–Crippen MR) is 63.0 cm³/mol. The Labute approximate surface area is 114 Å². The maximum atomic E-state index is 12.6. The number of rotatable bonds is 3. The van der Waals surface area contributed by atoms with Gasteiger partial charge in [-0.25, -0.2) is 4.98 Å². The molecule has 1 saturated heterocycles. The highest BCUT2D eigenvalue weighted by Crippen LogP contribution is 2.30. The first-order chi connectivity index (χ1) is 9.50. The van der Waals surface area contributed by atoms with Gasteiger partial charge >= 0.3 is 6.18 Å². The van der Waals surface area contributed by atoms with Crippen LogP contribution in [0.25, 0.3) is 0 Å². The van der Waals surface area contributed by atoms with Gasteiger partial charge in [-0.05, 0) is 30.9 Å². The number of nitriles is 1. The second-order valence-corrected chi connectivity index (χ2v) is 4.53. The van der Waals surface area contributed by atoms with Crippen molar-refractivity contribution >= 4 is 0 Å². The molecule has 0 radical (unpaired) electrons.